The number of aliphatic hydroxyl groups excluding tert-OH is 1. The Morgan fingerprint density at radius 2 is 1.64 bits per heavy atom. The van der Waals surface area contributed by atoms with Crippen LogP contribution in [0.3, 0.4) is 0 Å². The van der Waals surface area contributed by atoms with Crippen LogP contribution in [0.15, 0.2) is 66.9 Å². The minimum Gasteiger partial charge on any atom is -0.457 e. The molecule has 0 atom stereocenters. The zero-order chi connectivity index (χ0) is 31.1. The van der Waals surface area contributed by atoms with Crippen LogP contribution in [0.2, 0.25) is 0 Å². The van der Waals surface area contributed by atoms with Gasteiger partial charge in [-0.1, -0.05) is 24.9 Å². The van der Waals surface area contributed by atoms with Crippen molar-refractivity contribution in [2.45, 2.75) is 44.2 Å². The van der Waals surface area contributed by atoms with Gasteiger partial charge in [-0.15, -0.1) is 0 Å². The number of benzene rings is 2. The van der Waals surface area contributed by atoms with E-state index in [1.165, 1.54) is 24.3 Å². The average molecular weight is 623 g/mol. The number of nitrogens with one attached hydrogen (secondary N) is 2. The summed E-state index contributed by atoms with van der Waals surface area (Å²) >= 11 is 4.20. The molecule has 1 aromatic heterocycles. The van der Waals surface area contributed by atoms with Crippen molar-refractivity contribution in [3.05, 3.63) is 78.2 Å². The van der Waals surface area contributed by atoms with Gasteiger partial charge >= 0.3 is 12.1 Å². The largest absolute Gasteiger partial charge is 0.457 e. The number of hydrogen-bond acceptors (Lipinski definition) is 8. The maximum absolute atomic E-state index is 13.1. The number of halogens is 1. The first-order valence-corrected chi connectivity index (χ1v) is 14.9. The Hall–Kier alpha value is -4.20. The lowest BCUT2D eigenvalue weighted by molar-refractivity contribution is -0.119. The van der Waals surface area contributed by atoms with Crippen molar-refractivity contribution >= 4 is 42.3 Å². The van der Waals surface area contributed by atoms with Gasteiger partial charge in [-0.2, -0.15) is 0 Å². The van der Waals surface area contributed by atoms with Crippen LogP contribution in [0, 0.1) is 5.82 Å². The molecule has 0 saturated carbocycles. The summed E-state index contributed by atoms with van der Waals surface area (Å²) in [5.41, 5.74) is 0.968. The lowest BCUT2D eigenvalue weighted by Crippen LogP contribution is -2.50. The Balaban J connectivity index is 1.09. The Bertz CT molecular complexity index is 1440. The van der Waals surface area contributed by atoms with E-state index in [-0.39, 0.29) is 18.6 Å². The van der Waals surface area contributed by atoms with Gasteiger partial charge in [-0.25, -0.2) is 23.3 Å². The zero-order valence-electron chi connectivity index (χ0n) is 24.1. The maximum atomic E-state index is 13.1. The highest BCUT2D eigenvalue weighted by atomic mass is 32.1. The Labute approximate surface area is 260 Å². The molecule has 0 spiro atoms. The lowest BCUT2D eigenvalue weighted by Gasteiger charge is -2.41. The number of carbonyl (C=O) groups is 3. The molecular weight excluding hydrogens is 587 g/mol. The number of urea groups is 2. The summed E-state index contributed by atoms with van der Waals surface area (Å²) in [6.07, 6.45) is 4.67. The van der Waals surface area contributed by atoms with Gasteiger partial charge in [-0.05, 0) is 73.7 Å². The molecule has 11 nitrogen and oxygen atoms in total. The van der Waals surface area contributed by atoms with Crippen molar-refractivity contribution in [1.29, 1.82) is 0 Å². The number of hydrogen-bond donors (Lipinski definition) is 4. The quantitative estimate of drug-likeness (QED) is 0.284. The second-order valence-corrected chi connectivity index (χ2v) is 11.3. The molecular formula is C31H35FN6O5S. The first-order valence-electron chi connectivity index (χ1n) is 14.5. The fourth-order valence-corrected chi connectivity index (χ4v) is 5.51. The molecule has 0 unspecified atom stereocenters. The molecule has 5 rings (SSSR count). The minimum atomic E-state index is -0.737. The first kappa shape index (κ1) is 31.2. The topological polar surface area (TPSA) is 127 Å². The molecule has 44 heavy (non-hydrogen) atoms. The number of rotatable bonds is 7. The fourth-order valence-electron chi connectivity index (χ4n) is 5.33. The van der Waals surface area contributed by atoms with Crippen LogP contribution in [-0.4, -0.2) is 76.2 Å². The number of ether oxygens (including phenoxy) is 1. The van der Waals surface area contributed by atoms with Crippen molar-refractivity contribution in [1.82, 2.24) is 20.1 Å². The molecule has 0 aliphatic carbocycles. The molecule has 13 heteroatoms. The number of carbonyl (C=O) groups excluding carboxylic acids is 3. The van der Waals surface area contributed by atoms with Crippen LogP contribution in [0.5, 0.6) is 11.5 Å². The van der Waals surface area contributed by atoms with Crippen LogP contribution >= 0.6 is 12.8 Å². The average Bonchev–Trinajstić information content (AvgIpc) is 3.03. The standard InChI is InChI=1S/C31H35FN6O5S/c32-22-3-1-21(2-4-22)19-29(40)35-31(42)38(44)24-5-7-26(8-6-24)43-27-9-14-33-28(20-27)34-30(41)37-15-10-23(11-16-37)36-17-12-25(39)13-18-36/h1-9,14,20,23,25,39,44H,10-13,15-19H2,(H,33,34,41)(H,35,40,42). The second kappa shape index (κ2) is 14.5. The fraction of sp³-hybridized carbons (Fsp3) is 0.355. The monoisotopic (exact) mass is 622 g/mol. The van der Waals surface area contributed by atoms with E-state index < -0.39 is 17.8 Å². The minimum absolute atomic E-state index is 0.0849. The Morgan fingerprint density at radius 3 is 2.32 bits per heavy atom. The number of aromatic nitrogens is 1. The molecule has 3 N–H and O–H groups in total. The number of nitrogens with zero attached hydrogens (tertiary/aromatic N) is 4. The van der Waals surface area contributed by atoms with Gasteiger partial charge in [0.05, 0.1) is 18.2 Å². The van der Waals surface area contributed by atoms with E-state index in [0.717, 1.165) is 43.1 Å². The third-order valence-corrected chi connectivity index (χ3v) is 8.18. The lowest BCUT2D eigenvalue weighted by atomic mass is 9.99. The van der Waals surface area contributed by atoms with Crippen molar-refractivity contribution in [2.24, 2.45) is 0 Å². The predicted molar refractivity (Wildman–Crippen MR) is 166 cm³/mol. The molecule has 0 radical (unpaired) electrons. The smallest absolute Gasteiger partial charge is 0.338 e. The van der Waals surface area contributed by atoms with E-state index in [1.54, 1.807) is 47.5 Å². The normalized spacial score (nSPS) is 16.3. The van der Waals surface area contributed by atoms with Crippen LogP contribution in [0.1, 0.15) is 31.2 Å². The van der Waals surface area contributed by atoms with Crippen molar-refractivity contribution in [3.63, 3.8) is 0 Å². The molecule has 2 aliphatic heterocycles. The van der Waals surface area contributed by atoms with Crippen LogP contribution < -0.4 is 19.7 Å². The highest BCUT2D eigenvalue weighted by molar-refractivity contribution is 7.82. The summed E-state index contributed by atoms with van der Waals surface area (Å²) in [5, 5.41) is 14.9. The van der Waals surface area contributed by atoms with E-state index in [4.69, 9.17) is 4.74 Å². The van der Waals surface area contributed by atoms with E-state index in [1.807, 2.05) is 0 Å². The number of aliphatic hydroxyl groups is 1. The van der Waals surface area contributed by atoms with Crippen LogP contribution in [0.25, 0.3) is 0 Å². The summed E-state index contributed by atoms with van der Waals surface area (Å²) in [5.74, 6) is 0.331. The summed E-state index contributed by atoms with van der Waals surface area (Å²) in [6.45, 7) is 3.11. The van der Waals surface area contributed by atoms with Crippen LogP contribution in [-0.2, 0) is 11.2 Å². The zero-order valence-corrected chi connectivity index (χ0v) is 25.0. The summed E-state index contributed by atoms with van der Waals surface area (Å²) in [7, 11) is 0. The van der Waals surface area contributed by atoms with Gasteiger partial charge in [0, 0.05) is 44.5 Å². The number of amides is 5. The van der Waals surface area contributed by atoms with E-state index in [9.17, 15) is 23.9 Å². The van der Waals surface area contributed by atoms with Gasteiger partial charge in [-0.3, -0.25) is 15.4 Å². The third-order valence-electron chi connectivity index (χ3n) is 7.77. The number of piperidine rings is 2. The Kier molecular flexibility index (Phi) is 10.3. The predicted octanol–water partition coefficient (Wildman–Crippen LogP) is 4.60. The summed E-state index contributed by atoms with van der Waals surface area (Å²) < 4.78 is 20.0. The highest BCUT2D eigenvalue weighted by Gasteiger charge is 2.29. The highest BCUT2D eigenvalue weighted by Crippen LogP contribution is 2.27. The van der Waals surface area contributed by atoms with E-state index in [2.05, 4.69) is 33.3 Å². The SMILES string of the molecule is O=C(Cc1ccc(F)cc1)NC(=O)N(S)c1ccc(Oc2ccnc(NC(=O)N3CCC(N4CCC(O)CC4)CC3)c2)cc1. The van der Waals surface area contributed by atoms with Gasteiger partial charge in [0.15, 0.2) is 0 Å². The third kappa shape index (κ3) is 8.46. The number of anilines is 2. The molecule has 3 heterocycles. The van der Waals surface area contributed by atoms with Crippen molar-refractivity contribution in [3.8, 4) is 11.5 Å². The van der Waals surface area contributed by atoms with E-state index >= 15 is 0 Å². The van der Waals surface area contributed by atoms with Gasteiger partial charge in [0.2, 0.25) is 5.91 Å². The van der Waals surface area contributed by atoms with Crippen molar-refractivity contribution < 1.29 is 28.6 Å². The number of imide groups is 1. The number of pyridine rings is 1. The number of likely N-dealkylation sites (tertiary alicyclic amines) is 2. The van der Waals surface area contributed by atoms with Crippen molar-refractivity contribution in [2.75, 3.05) is 35.8 Å². The number of thiol groups is 1. The first-order chi connectivity index (χ1) is 21.2. The molecule has 2 fully saturated rings. The molecule has 232 valence electrons. The summed E-state index contributed by atoms with van der Waals surface area (Å²) in [6, 6.07) is 14.7. The molecule has 2 saturated heterocycles. The molecule has 5 amide bonds. The van der Waals surface area contributed by atoms with Gasteiger partial charge in [0.1, 0.15) is 23.1 Å². The molecule has 3 aromatic rings. The van der Waals surface area contributed by atoms with Gasteiger partial charge in [0.25, 0.3) is 0 Å². The van der Waals surface area contributed by atoms with Gasteiger partial charge < -0.3 is 19.6 Å². The summed E-state index contributed by atoms with van der Waals surface area (Å²) in [4.78, 5) is 46.1. The maximum Gasteiger partial charge on any atom is 0.338 e. The second-order valence-electron chi connectivity index (χ2n) is 10.9. The molecule has 2 aliphatic rings. The Morgan fingerprint density at radius 1 is 0.955 bits per heavy atom. The van der Waals surface area contributed by atoms with Crippen LogP contribution in [0.4, 0.5) is 25.5 Å². The van der Waals surface area contributed by atoms with E-state index in [0.29, 0.717) is 47.7 Å². The molecule has 0 bridgehead atoms. The molecule has 2 aromatic carbocycles.